The van der Waals surface area contributed by atoms with Crippen LogP contribution in [-0.4, -0.2) is 38.3 Å². The van der Waals surface area contributed by atoms with Crippen molar-refractivity contribution in [2.75, 3.05) is 6.54 Å². The van der Waals surface area contributed by atoms with Crippen molar-refractivity contribution in [1.82, 2.24) is 14.7 Å². The molecule has 1 N–H and O–H groups in total. The molecule has 32 heavy (non-hydrogen) atoms. The van der Waals surface area contributed by atoms with Crippen molar-refractivity contribution in [3.05, 3.63) is 93.2 Å². The van der Waals surface area contributed by atoms with Crippen LogP contribution in [0.15, 0.2) is 53.5 Å². The quantitative estimate of drug-likeness (QED) is 0.677. The number of fused-ring (bicyclic) bond motifs is 2. The highest BCUT2D eigenvalue weighted by Gasteiger charge is 2.48. The van der Waals surface area contributed by atoms with Gasteiger partial charge >= 0.3 is 0 Å². The van der Waals surface area contributed by atoms with Crippen LogP contribution in [0.3, 0.4) is 0 Å². The van der Waals surface area contributed by atoms with Gasteiger partial charge in [0.15, 0.2) is 11.4 Å². The molecule has 1 amide bonds. The Balaban J connectivity index is 1.79. The smallest absolute Gasteiger partial charge is 0.276 e. The maximum atomic E-state index is 14.2. The molecule has 9 heteroatoms. The third kappa shape index (κ3) is 3.16. The number of benzene rings is 2. The van der Waals surface area contributed by atoms with E-state index in [1.54, 1.807) is 4.90 Å². The van der Waals surface area contributed by atoms with Crippen LogP contribution >= 0.6 is 0 Å². The van der Waals surface area contributed by atoms with Crippen LogP contribution in [-0.2, 0) is 0 Å². The lowest BCUT2D eigenvalue weighted by Gasteiger charge is -2.42. The molecule has 0 aliphatic carbocycles. The Hall–Kier alpha value is -3.62. The maximum absolute atomic E-state index is 14.2. The maximum Gasteiger partial charge on any atom is 0.276 e. The first kappa shape index (κ1) is 20.3. The van der Waals surface area contributed by atoms with Crippen molar-refractivity contribution >= 4 is 5.91 Å². The SMILES string of the molecule is O=C1c2c(O)c(=O)cnn2[C@@H]([C@@H](c2ccc(F)cc2)c2cc(F)cc(F)c2)[C@H]2CCCN12. The molecule has 6 nitrogen and oxygen atoms in total. The van der Waals surface area contributed by atoms with Gasteiger partial charge in [-0.1, -0.05) is 12.1 Å². The molecule has 2 aromatic carbocycles. The number of aromatic hydroxyl groups is 1. The second-order valence-electron chi connectivity index (χ2n) is 8.08. The van der Waals surface area contributed by atoms with E-state index in [-0.39, 0.29) is 11.3 Å². The zero-order valence-electron chi connectivity index (χ0n) is 16.7. The summed E-state index contributed by atoms with van der Waals surface area (Å²) in [6, 6.07) is 7.57. The molecule has 0 spiro atoms. The topological polar surface area (TPSA) is 75.4 Å². The number of hydrogen-bond donors (Lipinski definition) is 1. The van der Waals surface area contributed by atoms with Crippen LogP contribution in [0.1, 0.15) is 46.4 Å². The second kappa shape index (κ2) is 7.51. The molecule has 3 atom stereocenters. The molecule has 1 aromatic heterocycles. The van der Waals surface area contributed by atoms with Gasteiger partial charge in [0.1, 0.15) is 17.5 Å². The number of aromatic nitrogens is 2. The van der Waals surface area contributed by atoms with E-state index in [4.69, 9.17) is 0 Å². The van der Waals surface area contributed by atoms with Gasteiger partial charge < -0.3 is 10.0 Å². The Bertz CT molecular complexity index is 1260. The van der Waals surface area contributed by atoms with Gasteiger partial charge in [0.25, 0.3) is 5.91 Å². The number of rotatable bonds is 3. The Morgan fingerprint density at radius 3 is 2.34 bits per heavy atom. The van der Waals surface area contributed by atoms with E-state index in [0.717, 1.165) is 12.3 Å². The van der Waals surface area contributed by atoms with Crippen LogP contribution in [0, 0.1) is 17.5 Å². The summed E-state index contributed by atoms with van der Waals surface area (Å²) >= 11 is 0. The van der Waals surface area contributed by atoms with Crippen molar-refractivity contribution in [1.29, 1.82) is 0 Å². The van der Waals surface area contributed by atoms with Gasteiger partial charge in [0, 0.05) is 18.5 Å². The summed E-state index contributed by atoms with van der Waals surface area (Å²) < 4.78 is 43.4. The summed E-state index contributed by atoms with van der Waals surface area (Å²) in [5, 5.41) is 14.5. The highest BCUT2D eigenvalue weighted by molar-refractivity contribution is 5.96. The number of carbonyl (C=O) groups excluding carboxylic acids is 1. The van der Waals surface area contributed by atoms with E-state index in [1.807, 2.05) is 0 Å². The molecule has 3 aromatic rings. The third-order valence-corrected chi connectivity index (χ3v) is 6.24. The first-order chi connectivity index (χ1) is 15.3. The lowest BCUT2D eigenvalue weighted by molar-refractivity contribution is 0.0565. The predicted molar refractivity (Wildman–Crippen MR) is 108 cm³/mol. The van der Waals surface area contributed by atoms with E-state index in [1.165, 1.54) is 41.1 Å². The number of halogens is 3. The van der Waals surface area contributed by atoms with Crippen LogP contribution in [0.5, 0.6) is 5.75 Å². The predicted octanol–water partition coefficient (Wildman–Crippen LogP) is 3.36. The van der Waals surface area contributed by atoms with Crippen LogP contribution in [0.4, 0.5) is 13.2 Å². The molecule has 0 unspecified atom stereocenters. The first-order valence-electron chi connectivity index (χ1n) is 10.2. The lowest BCUT2D eigenvalue weighted by atomic mass is 9.80. The molecule has 3 heterocycles. The van der Waals surface area contributed by atoms with Gasteiger partial charge in [-0.05, 0) is 48.2 Å². The first-order valence-corrected chi connectivity index (χ1v) is 10.2. The minimum absolute atomic E-state index is 0.260. The fourth-order valence-electron chi connectivity index (χ4n) is 4.96. The molecule has 164 valence electrons. The molecular formula is C23H18F3N3O3. The van der Waals surface area contributed by atoms with E-state index >= 15 is 0 Å². The summed E-state index contributed by atoms with van der Waals surface area (Å²) in [7, 11) is 0. The molecule has 1 saturated heterocycles. The molecule has 0 bridgehead atoms. The zero-order valence-corrected chi connectivity index (χ0v) is 16.7. The van der Waals surface area contributed by atoms with Crippen molar-refractivity contribution in [2.24, 2.45) is 0 Å². The normalized spacial score (nSPS) is 20.7. The van der Waals surface area contributed by atoms with Crippen molar-refractivity contribution in [2.45, 2.75) is 30.8 Å². The van der Waals surface area contributed by atoms with Crippen molar-refractivity contribution < 1.29 is 23.1 Å². The zero-order chi connectivity index (χ0) is 22.6. The van der Waals surface area contributed by atoms with Crippen molar-refractivity contribution in [3.8, 4) is 5.75 Å². The van der Waals surface area contributed by atoms with Crippen LogP contribution < -0.4 is 5.43 Å². The Morgan fingerprint density at radius 1 is 0.969 bits per heavy atom. The fourth-order valence-corrected chi connectivity index (χ4v) is 4.96. The summed E-state index contributed by atoms with van der Waals surface area (Å²) in [6.07, 6.45) is 2.19. The Kier molecular flexibility index (Phi) is 4.76. The molecule has 0 radical (unpaired) electrons. The Morgan fingerprint density at radius 2 is 1.66 bits per heavy atom. The molecule has 5 rings (SSSR count). The van der Waals surface area contributed by atoms with Gasteiger partial charge in [-0.15, -0.1) is 0 Å². The highest BCUT2D eigenvalue weighted by atomic mass is 19.1. The standard InChI is InChI=1S/C23H18F3N3O3/c24-14-5-3-12(4-6-14)19(13-8-15(25)10-16(26)9-13)20-17-2-1-7-28(17)23(32)21-22(31)18(30)11-27-29(20)21/h3-6,8-11,17,19-20,31H,1-2,7H2/t17-,19+,20-/m1/s1. The molecular weight excluding hydrogens is 423 g/mol. The minimum Gasteiger partial charge on any atom is -0.502 e. The monoisotopic (exact) mass is 441 g/mol. The van der Waals surface area contributed by atoms with Crippen LogP contribution in [0.2, 0.25) is 0 Å². The second-order valence-corrected chi connectivity index (χ2v) is 8.08. The van der Waals surface area contributed by atoms with Gasteiger partial charge in [0.05, 0.1) is 18.3 Å². The van der Waals surface area contributed by atoms with E-state index in [9.17, 15) is 27.9 Å². The number of carbonyl (C=O) groups is 1. The van der Waals surface area contributed by atoms with Crippen LogP contribution in [0.25, 0.3) is 0 Å². The van der Waals surface area contributed by atoms with Gasteiger partial charge in [-0.2, -0.15) is 5.10 Å². The summed E-state index contributed by atoms with van der Waals surface area (Å²) in [4.78, 5) is 26.7. The Labute approximate surface area is 180 Å². The van der Waals surface area contributed by atoms with E-state index in [2.05, 4.69) is 5.10 Å². The molecule has 1 fully saturated rings. The average molecular weight is 441 g/mol. The number of hydrogen-bond acceptors (Lipinski definition) is 4. The van der Waals surface area contributed by atoms with Crippen molar-refractivity contribution in [3.63, 3.8) is 0 Å². The molecule has 0 saturated carbocycles. The van der Waals surface area contributed by atoms with E-state index in [0.29, 0.717) is 24.9 Å². The largest absolute Gasteiger partial charge is 0.502 e. The summed E-state index contributed by atoms with van der Waals surface area (Å²) in [5.41, 5.74) is -0.236. The van der Waals surface area contributed by atoms with E-state index < -0.39 is 52.5 Å². The van der Waals surface area contributed by atoms with Gasteiger partial charge in [-0.25, -0.2) is 13.2 Å². The highest BCUT2D eigenvalue weighted by Crippen LogP contribution is 2.45. The number of amides is 1. The average Bonchev–Trinajstić information content (AvgIpc) is 3.23. The fraction of sp³-hybridized carbons (Fsp3) is 0.261. The minimum atomic E-state index is -0.795. The number of nitrogens with zero attached hydrogens (tertiary/aromatic N) is 3. The third-order valence-electron chi connectivity index (χ3n) is 6.24. The molecule has 2 aliphatic rings. The lowest BCUT2D eigenvalue weighted by Crippen LogP contribution is -2.50. The summed E-state index contributed by atoms with van der Waals surface area (Å²) in [5.74, 6) is -4.01. The van der Waals surface area contributed by atoms with Gasteiger partial charge in [0.2, 0.25) is 5.43 Å². The summed E-state index contributed by atoms with van der Waals surface area (Å²) in [6.45, 7) is 0.413. The van der Waals surface area contributed by atoms with Gasteiger partial charge in [-0.3, -0.25) is 14.3 Å². The molecule has 2 aliphatic heterocycles.